The largest absolute Gasteiger partial charge is 0.375 e. The Hall–Kier alpha value is -1.07. The van der Waals surface area contributed by atoms with Crippen LogP contribution in [0.25, 0.3) is 0 Å². The van der Waals surface area contributed by atoms with Gasteiger partial charge in [-0.25, -0.2) is 13.2 Å². The number of hydrogen-bond acceptors (Lipinski definition) is 2. The number of ether oxygens (including phenoxy) is 1. The van der Waals surface area contributed by atoms with Crippen LogP contribution in [-0.4, -0.2) is 19.6 Å². The van der Waals surface area contributed by atoms with Gasteiger partial charge in [-0.2, -0.15) is 0 Å². The number of hydrogen-bond donors (Lipinski definition) is 1. The van der Waals surface area contributed by atoms with Gasteiger partial charge >= 0.3 is 0 Å². The lowest BCUT2D eigenvalue weighted by Gasteiger charge is -2.12. The molecule has 1 rings (SSSR count). The lowest BCUT2D eigenvalue weighted by molar-refractivity contribution is 0.0152. The first-order valence-electron chi connectivity index (χ1n) is 4.96. The van der Waals surface area contributed by atoms with Gasteiger partial charge in [0, 0.05) is 12.6 Å². The van der Waals surface area contributed by atoms with Crippen LogP contribution in [0.15, 0.2) is 24.3 Å². The fraction of sp³-hybridized carbons (Fsp3) is 0.455. The van der Waals surface area contributed by atoms with Crippen LogP contribution in [-0.2, 0) is 4.74 Å². The summed E-state index contributed by atoms with van der Waals surface area (Å²) in [5, 5.41) is 0. The zero-order valence-corrected chi connectivity index (χ0v) is 8.70. The van der Waals surface area contributed by atoms with E-state index in [0.29, 0.717) is 6.42 Å². The average molecular weight is 233 g/mol. The third kappa shape index (κ3) is 4.63. The molecule has 0 aliphatic carbocycles. The average Bonchev–Trinajstić information content (AvgIpc) is 2.25. The van der Waals surface area contributed by atoms with E-state index in [2.05, 4.69) is 0 Å². The third-order valence-corrected chi connectivity index (χ3v) is 2.12. The van der Waals surface area contributed by atoms with E-state index in [4.69, 9.17) is 10.5 Å². The molecule has 0 heterocycles. The summed E-state index contributed by atoms with van der Waals surface area (Å²) in [6.07, 6.45) is -2.03. The van der Waals surface area contributed by atoms with Crippen molar-refractivity contribution in [3.05, 3.63) is 35.6 Å². The van der Waals surface area contributed by atoms with Crippen molar-refractivity contribution in [2.45, 2.75) is 18.9 Å². The molecule has 1 unspecified atom stereocenters. The fourth-order valence-electron chi connectivity index (χ4n) is 1.26. The second kappa shape index (κ2) is 6.50. The Bertz CT molecular complexity index is 303. The second-order valence-electron chi connectivity index (χ2n) is 3.41. The van der Waals surface area contributed by atoms with E-state index in [1.165, 1.54) is 12.1 Å². The molecule has 0 spiro atoms. The molecule has 16 heavy (non-hydrogen) atoms. The van der Waals surface area contributed by atoms with Crippen LogP contribution in [0.4, 0.5) is 13.2 Å². The molecule has 0 radical (unpaired) electrons. The van der Waals surface area contributed by atoms with E-state index in [-0.39, 0.29) is 18.5 Å². The maximum atomic E-state index is 12.6. The summed E-state index contributed by atoms with van der Waals surface area (Å²) in [5.74, 6) is -0.329. The van der Waals surface area contributed by atoms with Crippen LogP contribution in [0.3, 0.4) is 0 Å². The number of rotatable bonds is 6. The highest BCUT2D eigenvalue weighted by Gasteiger charge is 2.07. The van der Waals surface area contributed by atoms with Gasteiger partial charge in [-0.05, 0) is 24.1 Å². The normalized spacial score (nSPS) is 13.1. The first-order chi connectivity index (χ1) is 7.59. The van der Waals surface area contributed by atoms with Crippen molar-refractivity contribution in [2.24, 2.45) is 5.73 Å². The predicted octanol–water partition coefficient (Wildman–Crippen LogP) is 2.50. The second-order valence-corrected chi connectivity index (χ2v) is 3.41. The molecule has 2 N–H and O–H groups in total. The van der Waals surface area contributed by atoms with E-state index < -0.39 is 13.0 Å². The monoisotopic (exact) mass is 233 g/mol. The first kappa shape index (κ1) is 13.0. The van der Waals surface area contributed by atoms with Crippen molar-refractivity contribution in [1.82, 2.24) is 0 Å². The smallest absolute Gasteiger partial charge is 0.261 e. The standard InChI is InChI=1S/C11H14F3NO/c12-9-3-1-8(2-4-9)10(15)5-6-16-7-11(13)14/h1-4,10-11H,5-7,15H2. The van der Waals surface area contributed by atoms with Crippen LogP contribution in [0.5, 0.6) is 0 Å². The molecule has 90 valence electrons. The van der Waals surface area contributed by atoms with Gasteiger partial charge in [0.2, 0.25) is 0 Å². The molecule has 1 aromatic carbocycles. The Morgan fingerprint density at radius 2 is 1.81 bits per heavy atom. The molecule has 0 saturated heterocycles. The van der Waals surface area contributed by atoms with Gasteiger partial charge in [0.15, 0.2) is 0 Å². The Labute approximate surface area is 92.2 Å². The fourth-order valence-corrected chi connectivity index (χ4v) is 1.26. The van der Waals surface area contributed by atoms with Gasteiger partial charge in [0.05, 0.1) is 0 Å². The zero-order valence-electron chi connectivity index (χ0n) is 8.70. The van der Waals surface area contributed by atoms with Gasteiger partial charge in [0.25, 0.3) is 6.43 Å². The molecule has 0 saturated carbocycles. The minimum absolute atomic E-state index is 0.170. The number of nitrogens with two attached hydrogens (primary N) is 1. The first-order valence-corrected chi connectivity index (χ1v) is 4.96. The summed E-state index contributed by atoms with van der Waals surface area (Å²) in [4.78, 5) is 0. The topological polar surface area (TPSA) is 35.2 Å². The van der Waals surface area contributed by atoms with E-state index in [1.807, 2.05) is 0 Å². The molecule has 0 aliphatic heterocycles. The Kier molecular flexibility index (Phi) is 5.28. The lowest BCUT2D eigenvalue weighted by Crippen LogP contribution is -2.14. The van der Waals surface area contributed by atoms with Gasteiger partial charge in [0.1, 0.15) is 12.4 Å². The molecule has 5 heteroatoms. The van der Waals surface area contributed by atoms with Crippen molar-refractivity contribution in [3.8, 4) is 0 Å². The van der Waals surface area contributed by atoms with Crippen LogP contribution in [0.2, 0.25) is 0 Å². The number of alkyl halides is 2. The molecule has 0 bridgehead atoms. The summed E-state index contributed by atoms with van der Waals surface area (Å²) in [6, 6.07) is 5.46. The quantitative estimate of drug-likeness (QED) is 0.766. The third-order valence-electron chi connectivity index (χ3n) is 2.12. The maximum absolute atomic E-state index is 12.6. The Balaban J connectivity index is 2.29. The summed E-state index contributed by atoms with van der Waals surface area (Å²) in [7, 11) is 0. The molecule has 0 aromatic heterocycles. The van der Waals surface area contributed by atoms with Crippen molar-refractivity contribution in [1.29, 1.82) is 0 Å². The Morgan fingerprint density at radius 1 is 1.19 bits per heavy atom. The van der Waals surface area contributed by atoms with Gasteiger partial charge in [-0.3, -0.25) is 0 Å². The minimum atomic E-state index is -2.46. The van der Waals surface area contributed by atoms with Crippen LogP contribution >= 0.6 is 0 Å². The summed E-state index contributed by atoms with van der Waals surface area (Å²) >= 11 is 0. The lowest BCUT2D eigenvalue weighted by atomic mass is 10.1. The van der Waals surface area contributed by atoms with Gasteiger partial charge in [-0.15, -0.1) is 0 Å². The summed E-state index contributed by atoms with van der Waals surface area (Å²) in [5.41, 5.74) is 6.54. The molecule has 2 nitrogen and oxygen atoms in total. The van der Waals surface area contributed by atoms with Crippen molar-refractivity contribution in [3.63, 3.8) is 0 Å². The minimum Gasteiger partial charge on any atom is -0.375 e. The van der Waals surface area contributed by atoms with E-state index in [1.54, 1.807) is 12.1 Å². The zero-order chi connectivity index (χ0) is 12.0. The number of halogens is 3. The molecular weight excluding hydrogens is 219 g/mol. The predicted molar refractivity (Wildman–Crippen MR) is 54.8 cm³/mol. The molecule has 1 aromatic rings. The Morgan fingerprint density at radius 3 is 2.38 bits per heavy atom. The molecule has 0 fully saturated rings. The van der Waals surface area contributed by atoms with Crippen LogP contribution in [0.1, 0.15) is 18.0 Å². The summed E-state index contributed by atoms with van der Waals surface area (Å²) < 4.78 is 40.8. The summed E-state index contributed by atoms with van der Waals surface area (Å²) in [6.45, 7) is -0.404. The van der Waals surface area contributed by atoms with E-state index in [9.17, 15) is 13.2 Å². The highest BCUT2D eigenvalue weighted by molar-refractivity contribution is 5.19. The highest BCUT2D eigenvalue weighted by Crippen LogP contribution is 2.14. The molecular formula is C11H14F3NO. The van der Waals surface area contributed by atoms with E-state index in [0.717, 1.165) is 5.56 Å². The molecule has 0 amide bonds. The maximum Gasteiger partial charge on any atom is 0.261 e. The number of benzene rings is 1. The SMILES string of the molecule is NC(CCOCC(F)F)c1ccc(F)cc1. The molecule has 0 aliphatic rings. The van der Waals surface area contributed by atoms with Crippen LogP contribution in [0, 0.1) is 5.82 Å². The van der Waals surface area contributed by atoms with Gasteiger partial charge in [-0.1, -0.05) is 12.1 Å². The van der Waals surface area contributed by atoms with Crippen molar-refractivity contribution >= 4 is 0 Å². The van der Waals surface area contributed by atoms with Crippen molar-refractivity contribution in [2.75, 3.05) is 13.2 Å². The van der Waals surface area contributed by atoms with E-state index >= 15 is 0 Å². The van der Waals surface area contributed by atoms with Crippen LogP contribution < -0.4 is 5.73 Å². The highest BCUT2D eigenvalue weighted by atomic mass is 19.3. The van der Waals surface area contributed by atoms with Crippen molar-refractivity contribution < 1.29 is 17.9 Å². The molecule has 1 atom stereocenters. The van der Waals surface area contributed by atoms with Gasteiger partial charge < -0.3 is 10.5 Å².